The SMILES string of the molecule is C#CCN1CC[C@](OC(=O)CC)(c2ccccc2)[C@@H]1C. The molecular formula is C17H21NO2. The third kappa shape index (κ3) is 2.57. The smallest absolute Gasteiger partial charge is 0.306 e. The van der Waals surface area contributed by atoms with Crippen LogP contribution in [0.15, 0.2) is 30.3 Å². The van der Waals surface area contributed by atoms with Crippen LogP contribution in [0.2, 0.25) is 0 Å². The number of rotatable bonds is 4. The van der Waals surface area contributed by atoms with Gasteiger partial charge in [0.2, 0.25) is 0 Å². The van der Waals surface area contributed by atoms with E-state index in [1.165, 1.54) is 0 Å². The van der Waals surface area contributed by atoms with Crippen molar-refractivity contribution < 1.29 is 9.53 Å². The van der Waals surface area contributed by atoms with Crippen molar-refractivity contribution in [1.82, 2.24) is 4.90 Å². The molecule has 1 aliphatic heterocycles. The topological polar surface area (TPSA) is 29.5 Å². The molecule has 1 heterocycles. The predicted molar refractivity (Wildman–Crippen MR) is 79.0 cm³/mol. The van der Waals surface area contributed by atoms with Crippen LogP contribution in [-0.4, -0.2) is 30.0 Å². The van der Waals surface area contributed by atoms with E-state index >= 15 is 0 Å². The van der Waals surface area contributed by atoms with Crippen LogP contribution in [0.4, 0.5) is 0 Å². The number of hydrogen-bond acceptors (Lipinski definition) is 3. The second kappa shape index (κ2) is 6.11. The van der Waals surface area contributed by atoms with Gasteiger partial charge in [-0.1, -0.05) is 43.2 Å². The van der Waals surface area contributed by atoms with E-state index in [2.05, 4.69) is 17.7 Å². The number of ether oxygens (including phenoxy) is 1. The second-order valence-corrected chi connectivity index (χ2v) is 5.18. The zero-order valence-electron chi connectivity index (χ0n) is 12.1. The zero-order chi connectivity index (χ0) is 14.6. The summed E-state index contributed by atoms with van der Waals surface area (Å²) in [6.45, 7) is 5.33. The van der Waals surface area contributed by atoms with Gasteiger partial charge in [0.05, 0.1) is 12.6 Å². The van der Waals surface area contributed by atoms with Gasteiger partial charge in [-0.15, -0.1) is 6.42 Å². The standard InChI is InChI=1S/C17H21NO2/c1-4-12-18-13-11-17(14(18)3,20-16(19)5-2)15-9-7-6-8-10-15/h1,6-10,14H,5,11-13H2,2-3H3/t14-,17+/m0/s1. The van der Waals surface area contributed by atoms with Gasteiger partial charge in [-0.3, -0.25) is 9.69 Å². The summed E-state index contributed by atoms with van der Waals surface area (Å²) in [5.41, 5.74) is 0.472. The minimum atomic E-state index is -0.578. The molecule has 0 saturated carbocycles. The number of carbonyl (C=O) groups excluding carboxylic acids is 1. The molecule has 3 heteroatoms. The molecule has 0 amide bonds. The Hall–Kier alpha value is -1.79. The average molecular weight is 271 g/mol. The maximum atomic E-state index is 11.9. The van der Waals surface area contributed by atoms with E-state index in [1.54, 1.807) is 0 Å². The van der Waals surface area contributed by atoms with Crippen molar-refractivity contribution in [3.8, 4) is 12.3 Å². The Labute approximate surface area is 120 Å². The predicted octanol–water partition coefficient (Wildman–Crippen LogP) is 2.56. The first kappa shape index (κ1) is 14.6. The Bertz CT molecular complexity index is 505. The molecule has 0 unspecified atom stereocenters. The van der Waals surface area contributed by atoms with Crippen molar-refractivity contribution in [2.24, 2.45) is 0 Å². The van der Waals surface area contributed by atoms with Crippen LogP contribution in [0.5, 0.6) is 0 Å². The lowest BCUT2D eigenvalue weighted by atomic mass is 9.87. The van der Waals surface area contributed by atoms with E-state index in [1.807, 2.05) is 37.3 Å². The third-order valence-corrected chi connectivity index (χ3v) is 4.13. The largest absolute Gasteiger partial charge is 0.452 e. The molecule has 106 valence electrons. The maximum Gasteiger partial charge on any atom is 0.306 e. The van der Waals surface area contributed by atoms with Crippen LogP contribution in [0.3, 0.4) is 0 Å². The molecule has 0 aromatic heterocycles. The number of nitrogens with zero attached hydrogens (tertiary/aromatic N) is 1. The van der Waals surface area contributed by atoms with E-state index in [9.17, 15) is 4.79 Å². The summed E-state index contributed by atoms with van der Waals surface area (Å²) in [6.07, 6.45) is 6.59. The highest BCUT2D eigenvalue weighted by Crippen LogP contribution is 2.41. The first-order valence-corrected chi connectivity index (χ1v) is 7.09. The minimum absolute atomic E-state index is 0.0800. The van der Waals surface area contributed by atoms with E-state index in [0.29, 0.717) is 13.0 Å². The first-order valence-electron chi connectivity index (χ1n) is 7.09. The van der Waals surface area contributed by atoms with Crippen LogP contribution >= 0.6 is 0 Å². The highest BCUT2D eigenvalue weighted by molar-refractivity contribution is 5.70. The first-order chi connectivity index (χ1) is 9.64. The van der Waals surface area contributed by atoms with Gasteiger partial charge < -0.3 is 4.74 Å². The normalized spacial score (nSPS) is 26.1. The van der Waals surface area contributed by atoms with Gasteiger partial charge in [0.15, 0.2) is 5.60 Å². The van der Waals surface area contributed by atoms with Crippen LogP contribution in [0, 0.1) is 12.3 Å². The monoisotopic (exact) mass is 271 g/mol. The summed E-state index contributed by atoms with van der Waals surface area (Å²) in [5, 5.41) is 0. The fourth-order valence-electron chi connectivity index (χ4n) is 2.92. The van der Waals surface area contributed by atoms with Gasteiger partial charge in [0, 0.05) is 19.4 Å². The Morgan fingerprint density at radius 1 is 1.50 bits per heavy atom. The molecule has 1 aliphatic rings. The Balaban J connectivity index is 2.36. The molecule has 2 atom stereocenters. The number of hydrogen-bond donors (Lipinski definition) is 0. The van der Waals surface area contributed by atoms with Crippen molar-refractivity contribution in [3.05, 3.63) is 35.9 Å². The molecule has 20 heavy (non-hydrogen) atoms. The maximum absolute atomic E-state index is 11.9. The second-order valence-electron chi connectivity index (χ2n) is 5.18. The molecule has 0 bridgehead atoms. The molecule has 1 aromatic carbocycles. The highest BCUT2D eigenvalue weighted by Gasteiger charge is 2.48. The van der Waals surface area contributed by atoms with Gasteiger partial charge in [0.1, 0.15) is 0 Å². The molecule has 2 rings (SSSR count). The molecule has 1 fully saturated rings. The minimum Gasteiger partial charge on any atom is -0.452 e. The number of esters is 1. The lowest BCUT2D eigenvalue weighted by Gasteiger charge is -2.35. The quantitative estimate of drug-likeness (QED) is 0.622. The van der Waals surface area contributed by atoms with Crippen LogP contribution in [0.25, 0.3) is 0 Å². The molecular weight excluding hydrogens is 250 g/mol. The lowest BCUT2D eigenvalue weighted by molar-refractivity contribution is -0.163. The van der Waals surface area contributed by atoms with Gasteiger partial charge in [-0.25, -0.2) is 0 Å². The summed E-state index contributed by atoms with van der Waals surface area (Å²) < 4.78 is 5.87. The molecule has 0 N–H and O–H groups in total. The average Bonchev–Trinajstić information content (AvgIpc) is 2.79. The molecule has 0 aliphatic carbocycles. The molecule has 3 nitrogen and oxygen atoms in total. The van der Waals surface area contributed by atoms with Crippen LogP contribution in [0.1, 0.15) is 32.3 Å². The number of likely N-dealkylation sites (tertiary alicyclic amines) is 1. The molecule has 0 radical (unpaired) electrons. The Morgan fingerprint density at radius 3 is 2.80 bits per heavy atom. The summed E-state index contributed by atoms with van der Waals surface area (Å²) in [6, 6.07) is 10.1. The van der Waals surface area contributed by atoms with Crippen LogP contribution < -0.4 is 0 Å². The number of benzene rings is 1. The third-order valence-electron chi connectivity index (χ3n) is 4.13. The number of terminal acetylenes is 1. The summed E-state index contributed by atoms with van der Waals surface area (Å²) in [7, 11) is 0. The van der Waals surface area contributed by atoms with Gasteiger partial charge in [-0.2, -0.15) is 0 Å². The van der Waals surface area contributed by atoms with E-state index in [0.717, 1.165) is 18.5 Å². The van der Waals surface area contributed by atoms with Crippen LogP contribution in [-0.2, 0) is 15.1 Å². The number of carbonyl (C=O) groups is 1. The Morgan fingerprint density at radius 2 is 2.20 bits per heavy atom. The van der Waals surface area contributed by atoms with E-state index in [4.69, 9.17) is 11.2 Å². The van der Waals surface area contributed by atoms with Crippen molar-refractivity contribution in [2.45, 2.75) is 38.3 Å². The summed E-state index contributed by atoms with van der Waals surface area (Å²) >= 11 is 0. The van der Waals surface area contributed by atoms with Crippen molar-refractivity contribution in [3.63, 3.8) is 0 Å². The van der Waals surface area contributed by atoms with E-state index < -0.39 is 5.60 Å². The van der Waals surface area contributed by atoms with Gasteiger partial charge in [-0.05, 0) is 12.5 Å². The van der Waals surface area contributed by atoms with Crippen molar-refractivity contribution in [1.29, 1.82) is 0 Å². The molecule has 1 saturated heterocycles. The summed E-state index contributed by atoms with van der Waals surface area (Å²) in [5.74, 6) is 2.52. The fraction of sp³-hybridized carbons (Fsp3) is 0.471. The van der Waals surface area contributed by atoms with E-state index in [-0.39, 0.29) is 12.0 Å². The van der Waals surface area contributed by atoms with Crippen molar-refractivity contribution >= 4 is 5.97 Å². The molecule has 1 aromatic rings. The molecule has 0 spiro atoms. The fourth-order valence-corrected chi connectivity index (χ4v) is 2.92. The van der Waals surface area contributed by atoms with Gasteiger partial charge >= 0.3 is 5.97 Å². The highest BCUT2D eigenvalue weighted by atomic mass is 16.6. The van der Waals surface area contributed by atoms with Gasteiger partial charge in [0.25, 0.3) is 0 Å². The summed E-state index contributed by atoms with van der Waals surface area (Å²) in [4.78, 5) is 14.1. The Kier molecular flexibility index (Phi) is 4.46. The lowest BCUT2D eigenvalue weighted by Crippen LogP contribution is -2.43. The van der Waals surface area contributed by atoms with Crippen molar-refractivity contribution in [2.75, 3.05) is 13.1 Å². The zero-order valence-corrected chi connectivity index (χ0v) is 12.1.